The molecule has 7 atom stereocenters. The van der Waals surface area contributed by atoms with Gasteiger partial charge in [-0.1, -0.05) is 127 Å². The van der Waals surface area contributed by atoms with Gasteiger partial charge >= 0.3 is 18.0 Å². The number of carbonyl (C=O) groups is 5. The highest BCUT2D eigenvalue weighted by atomic mass is 16.8. The molecule has 2 saturated heterocycles. The van der Waals surface area contributed by atoms with Crippen LogP contribution in [0.1, 0.15) is 56.5 Å². The second kappa shape index (κ2) is 19.3. The zero-order valence-corrected chi connectivity index (χ0v) is 33.6. The molecule has 2 N–H and O–H groups in total. The number of Topliss-reactive ketones (excluding diaryl/α,β-unsaturated/α-hetero) is 1. The van der Waals surface area contributed by atoms with Crippen LogP contribution < -0.4 is 10.6 Å². The maximum Gasteiger partial charge on any atom is 0.407 e. The number of amides is 2. The summed E-state index contributed by atoms with van der Waals surface area (Å²) in [7, 11) is 0. The van der Waals surface area contributed by atoms with Gasteiger partial charge in [-0.05, 0) is 34.4 Å². The number of carbonyl (C=O) groups excluding carboxylic acids is 5. The number of alkyl carbamates (subject to hydrolysis) is 1. The highest BCUT2D eigenvalue weighted by molar-refractivity contribution is 5.98. The summed E-state index contributed by atoms with van der Waals surface area (Å²) in [6, 6.07) is 38.7. The molecule has 8 rings (SSSR count). The van der Waals surface area contributed by atoms with Crippen LogP contribution in [0.3, 0.4) is 0 Å². The Bertz CT molecular complexity index is 2330. The first-order valence-corrected chi connectivity index (χ1v) is 20.2. The molecule has 62 heavy (non-hydrogen) atoms. The van der Waals surface area contributed by atoms with E-state index in [-0.39, 0.29) is 24.7 Å². The Morgan fingerprint density at radius 3 is 1.95 bits per heavy atom. The van der Waals surface area contributed by atoms with Gasteiger partial charge in [0.15, 0.2) is 37.1 Å². The molecule has 0 spiro atoms. The van der Waals surface area contributed by atoms with Gasteiger partial charge in [0.2, 0.25) is 5.91 Å². The number of hydrogen-bond acceptors (Lipinski definition) is 12. The summed E-state index contributed by atoms with van der Waals surface area (Å²) in [5.74, 6) is -2.95. The van der Waals surface area contributed by atoms with Crippen LogP contribution in [0, 0.1) is 0 Å². The highest BCUT2D eigenvalue weighted by Gasteiger charge is 2.53. The van der Waals surface area contributed by atoms with Crippen molar-refractivity contribution in [2.45, 2.75) is 55.8 Å². The Morgan fingerprint density at radius 2 is 1.31 bits per heavy atom. The van der Waals surface area contributed by atoms with Crippen LogP contribution in [0.4, 0.5) is 4.79 Å². The predicted molar refractivity (Wildman–Crippen MR) is 222 cm³/mol. The van der Waals surface area contributed by atoms with Gasteiger partial charge in [-0.15, -0.1) is 0 Å². The van der Waals surface area contributed by atoms with Crippen molar-refractivity contribution in [3.8, 4) is 11.1 Å². The van der Waals surface area contributed by atoms with Crippen molar-refractivity contribution < 1.29 is 57.1 Å². The van der Waals surface area contributed by atoms with E-state index < -0.39 is 85.9 Å². The van der Waals surface area contributed by atoms with Crippen molar-refractivity contribution in [2.24, 2.45) is 0 Å². The Labute approximate surface area is 357 Å². The van der Waals surface area contributed by atoms with Crippen molar-refractivity contribution in [3.63, 3.8) is 0 Å². The van der Waals surface area contributed by atoms with E-state index >= 15 is 0 Å². The van der Waals surface area contributed by atoms with E-state index in [2.05, 4.69) is 10.6 Å². The third-order valence-corrected chi connectivity index (χ3v) is 10.8. The zero-order chi connectivity index (χ0) is 43.0. The third-order valence-electron chi connectivity index (χ3n) is 10.8. The summed E-state index contributed by atoms with van der Waals surface area (Å²) in [5.41, 5.74) is 5.34. The fourth-order valence-corrected chi connectivity index (χ4v) is 7.87. The van der Waals surface area contributed by atoms with Gasteiger partial charge in [0.25, 0.3) is 0 Å². The van der Waals surface area contributed by atoms with Crippen LogP contribution in [-0.2, 0) is 42.7 Å². The van der Waals surface area contributed by atoms with Gasteiger partial charge in [0.1, 0.15) is 24.9 Å². The summed E-state index contributed by atoms with van der Waals surface area (Å²) in [4.78, 5) is 66.7. The summed E-state index contributed by atoms with van der Waals surface area (Å²) in [5, 5.41) is 5.33. The van der Waals surface area contributed by atoms with Crippen LogP contribution in [-0.4, -0.2) is 92.8 Å². The van der Waals surface area contributed by atoms with E-state index in [1.165, 1.54) is 6.92 Å². The van der Waals surface area contributed by atoms with Crippen molar-refractivity contribution >= 4 is 29.7 Å². The van der Waals surface area contributed by atoms with E-state index in [1.54, 1.807) is 60.7 Å². The normalized spacial score (nSPS) is 21.8. The van der Waals surface area contributed by atoms with Crippen molar-refractivity contribution in [2.75, 3.05) is 26.4 Å². The van der Waals surface area contributed by atoms with Crippen LogP contribution in [0.5, 0.6) is 0 Å². The molecule has 2 aliphatic heterocycles. The fraction of sp³-hybridized carbons (Fsp3) is 0.271. The lowest BCUT2D eigenvalue weighted by Gasteiger charge is -2.48. The molecular weight excluding hydrogens is 797 g/mol. The largest absolute Gasteiger partial charge is 0.456 e. The number of rotatable bonds is 14. The van der Waals surface area contributed by atoms with Crippen LogP contribution in [0.2, 0.25) is 0 Å². The lowest BCUT2D eigenvalue weighted by atomic mass is 9.95. The molecule has 2 fully saturated rings. The Kier molecular flexibility index (Phi) is 13.1. The summed E-state index contributed by atoms with van der Waals surface area (Å²) >= 11 is 0. The Hall–Kier alpha value is -6.71. The number of ketones is 1. The molecule has 0 unspecified atom stereocenters. The zero-order valence-electron chi connectivity index (χ0n) is 33.6. The number of esters is 2. The first-order valence-electron chi connectivity index (χ1n) is 20.2. The second-order valence-electron chi connectivity index (χ2n) is 14.9. The molecule has 14 heteroatoms. The average molecular weight is 841 g/mol. The standard InChI is InChI=1S/C48H44N2O12/c1-29(51)49-41-43(61-44(53)31-17-7-3-8-18-31)42-40(28-58-46(62-42)32-19-9-4-10-20-32)60-47(41)57-26-38(45(54)56-27-39(52)30-15-5-2-6-16-30)50-48(55)59-25-37-35-23-13-11-21-33(35)34-22-12-14-24-36(34)37/h2-24,37-38,40-43,46-47H,25-28H2,1H3,(H,49,51)(H,50,55)/t38-,40-,41-,42-,43+,46-,47-/m0/s1. The molecule has 0 aromatic heterocycles. The molecule has 2 heterocycles. The van der Waals surface area contributed by atoms with Gasteiger partial charge in [0, 0.05) is 24.0 Å². The average Bonchev–Trinajstić information content (AvgIpc) is 3.63. The molecule has 5 aromatic rings. The van der Waals surface area contributed by atoms with Crippen molar-refractivity contribution in [1.82, 2.24) is 10.6 Å². The van der Waals surface area contributed by atoms with Crippen molar-refractivity contribution in [1.29, 1.82) is 0 Å². The van der Waals surface area contributed by atoms with Crippen LogP contribution in [0.25, 0.3) is 11.1 Å². The third kappa shape index (κ3) is 9.59. The lowest BCUT2D eigenvalue weighted by Crippen LogP contribution is -2.68. The van der Waals surface area contributed by atoms with E-state index in [0.29, 0.717) is 11.1 Å². The summed E-state index contributed by atoms with van der Waals surface area (Å²) < 4.78 is 42.3. The number of fused-ring (bicyclic) bond motifs is 4. The highest BCUT2D eigenvalue weighted by Crippen LogP contribution is 2.44. The SMILES string of the molecule is CC(=O)N[C@@H]1[C@@H](OC[C@H](NC(=O)OCC2c3ccccc3-c3ccccc32)C(=O)OCC(=O)c2ccccc2)O[C@H]2CO[C@H](c3ccccc3)O[C@@H]2[C@@H]1OC(=O)c1ccccc1. The van der Waals surface area contributed by atoms with Gasteiger partial charge < -0.3 is 43.8 Å². The molecule has 318 valence electrons. The fourth-order valence-electron chi connectivity index (χ4n) is 7.87. The second-order valence-corrected chi connectivity index (χ2v) is 14.9. The monoisotopic (exact) mass is 840 g/mol. The van der Waals surface area contributed by atoms with Gasteiger partial charge in [0.05, 0.1) is 18.8 Å². The molecule has 5 aromatic carbocycles. The maximum atomic E-state index is 13.8. The Balaban J connectivity index is 1.02. The van der Waals surface area contributed by atoms with E-state index in [4.69, 9.17) is 33.2 Å². The molecule has 2 amide bonds. The van der Waals surface area contributed by atoms with Gasteiger partial charge in [-0.25, -0.2) is 14.4 Å². The topological polar surface area (TPSA) is 174 Å². The van der Waals surface area contributed by atoms with E-state index in [9.17, 15) is 24.0 Å². The first-order chi connectivity index (χ1) is 30.2. The van der Waals surface area contributed by atoms with Crippen LogP contribution >= 0.6 is 0 Å². The molecule has 14 nitrogen and oxygen atoms in total. The lowest BCUT2D eigenvalue weighted by molar-refractivity contribution is -0.343. The number of nitrogens with one attached hydrogen (secondary N) is 2. The summed E-state index contributed by atoms with van der Waals surface area (Å²) in [6.07, 6.45) is -6.24. The van der Waals surface area contributed by atoms with Crippen LogP contribution in [0.15, 0.2) is 140 Å². The van der Waals surface area contributed by atoms with Crippen molar-refractivity contribution in [3.05, 3.63) is 167 Å². The minimum absolute atomic E-state index is 0.0265. The number of hydrogen-bond donors (Lipinski definition) is 2. The molecule has 1 aliphatic carbocycles. The quantitative estimate of drug-likeness (QED) is 0.0771. The minimum Gasteiger partial charge on any atom is -0.456 e. The number of benzene rings is 5. The van der Waals surface area contributed by atoms with E-state index in [0.717, 1.165) is 22.3 Å². The molecule has 3 aliphatic rings. The first kappa shape index (κ1) is 42.0. The maximum absolute atomic E-state index is 13.8. The predicted octanol–water partition coefficient (Wildman–Crippen LogP) is 5.91. The molecule has 0 bridgehead atoms. The van der Waals surface area contributed by atoms with Gasteiger partial charge in [-0.3, -0.25) is 9.59 Å². The summed E-state index contributed by atoms with van der Waals surface area (Å²) in [6.45, 7) is -0.0132. The number of ether oxygens (including phenoxy) is 7. The smallest absolute Gasteiger partial charge is 0.407 e. The van der Waals surface area contributed by atoms with E-state index in [1.807, 2.05) is 78.9 Å². The molecule has 0 saturated carbocycles. The minimum atomic E-state index is -1.54. The Morgan fingerprint density at radius 1 is 0.710 bits per heavy atom. The van der Waals surface area contributed by atoms with Gasteiger partial charge in [-0.2, -0.15) is 0 Å². The molecule has 0 radical (unpaired) electrons. The molecular formula is C48H44N2O12.